The molecular weight excluding hydrogens is 436 g/mol. The molecule has 2 heterocycles. The zero-order valence-electron chi connectivity index (χ0n) is 19.4. The molecule has 0 spiro atoms. The molecule has 0 unspecified atom stereocenters. The highest BCUT2D eigenvalue weighted by molar-refractivity contribution is 6.00. The molecule has 1 aliphatic heterocycles. The van der Waals surface area contributed by atoms with Gasteiger partial charge in [-0.05, 0) is 12.1 Å². The summed E-state index contributed by atoms with van der Waals surface area (Å²) in [6.45, 7) is 3.43. The Morgan fingerprint density at radius 3 is 1.91 bits per heavy atom. The lowest BCUT2D eigenvalue weighted by Crippen LogP contribution is -2.47. The molecule has 1 fully saturated rings. The number of rotatable bonds is 7. The lowest BCUT2D eigenvalue weighted by atomic mass is 10.2. The molecule has 1 aromatic heterocycles. The Balaban J connectivity index is 1.34. The molecular formula is C24H28N6O4. The Kier molecular flexibility index (Phi) is 7.16. The molecule has 3 aromatic rings. The highest BCUT2D eigenvalue weighted by atomic mass is 16.5. The van der Waals surface area contributed by atoms with Crippen molar-refractivity contribution in [3.8, 4) is 17.2 Å². The monoisotopic (exact) mass is 464 g/mol. The summed E-state index contributed by atoms with van der Waals surface area (Å²) in [7, 11) is 4.55. The predicted molar refractivity (Wildman–Crippen MR) is 132 cm³/mol. The average molecular weight is 465 g/mol. The second kappa shape index (κ2) is 10.6. The van der Waals surface area contributed by atoms with Crippen molar-refractivity contribution in [3.05, 3.63) is 54.9 Å². The van der Waals surface area contributed by atoms with E-state index in [1.165, 1.54) is 27.0 Å². The van der Waals surface area contributed by atoms with Gasteiger partial charge in [-0.25, -0.2) is 14.8 Å². The lowest BCUT2D eigenvalue weighted by Gasteiger charge is -2.36. The van der Waals surface area contributed by atoms with Gasteiger partial charge in [-0.3, -0.25) is 0 Å². The van der Waals surface area contributed by atoms with E-state index >= 15 is 0 Å². The van der Waals surface area contributed by atoms with Crippen molar-refractivity contribution in [2.75, 3.05) is 67.9 Å². The van der Waals surface area contributed by atoms with Crippen LogP contribution in [0.3, 0.4) is 0 Å². The molecule has 0 bridgehead atoms. The molecule has 178 valence electrons. The average Bonchev–Trinajstić information content (AvgIpc) is 2.89. The lowest BCUT2D eigenvalue weighted by molar-refractivity contribution is 0.262. The molecule has 0 radical (unpaired) electrons. The van der Waals surface area contributed by atoms with Crippen LogP contribution in [0.1, 0.15) is 0 Å². The first kappa shape index (κ1) is 23.0. The third-order valence-corrected chi connectivity index (χ3v) is 5.50. The maximum atomic E-state index is 12.5. The van der Waals surface area contributed by atoms with E-state index in [2.05, 4.69) is 42.5 Å². The molecule has 34 heavy (non-hydrogen) atoms. The summed E-state index contributed by atoms with van der Waals surface area (Å²) in [5, 5.41) is 5.49. The maximum Gasteiger partial charge on any atom is 0.323 e. The minimum atomic E-state index is -0.443. The van der Waals surface area contributed by atoms with Gasteiger partial charge in [-0.1, -0.05) is 18.2 Å². The maximum absolute atomic E-state index is 12.5. The summed E-state index contributed by atoms with van der Waals surface area (Å²) in [6, 6.07) is 13.2. The fourth-order valence-electron chi connectivity index (χ4n) is 3.80. The summed E-state index contributed by atoms with van der Waals surface area (Å²) in [4.78, 5) is 25.8. The number of carbonyl (C=O) groups is 1. The van der Waals surface area contributed by atoms with Gasteiger partial charge in [0, 0.05) is 44.0 Å². The Morgan fingerprint density at radius 1 is 0.794 bits per heavy atom. The molecule has 10 heteroatoms. The summed E-state index contributed by atoms with van der Waals surface area (Å²) in [6.07, 6.45) is 3.20. The van der Waals surface area contributed by atoms with Gasteiger partial charge in [-0.2, -0.15) is 0 Å². The first-order valence-electron chi connectivity index (χ1n) is 10.9. The van der Waals surface area contributed by atoms with Crippen LogP contribution < -0.4 is 34.6 Å². The number of amides is 2. The topological polar surface area (TPSA) is 101 Å². The number of methoxy groups -OCH3 is 3. The molecule has 2 aromatic carbocycles. The number of hydrogen-bond donors (Lipinski definition) is 2. The summed E-state index contributed by atoms with van der Waals surface area (Å²) >= 11 is 0. The number of urea groups is 1. The quantitative estimate of drug-likeness (QED) is 0.548. The van der Waals surface area contributed by atoms with Crippen LogP contribution in [0.2, 0.25) is 0 Å². The highest BCUT2D eigenvalue weighted by Crippen LogP contribution is 2.39. The molecule has 2 N–H and O–H groups in total. The van der Waals surface area contributed by atoms with E-state index in [1.807, 2.05) is 18.2 Å². The number of nitrogens with one attached hydrogen (secondary N) is 2. The van der Waals surface area contributed by atoms with Crippen molar-refractivity contribution in [1.29, 1.82) is 0 Å². The third-order valence-electron chi connectivity index (χ3n) is 5.50. The molecule has 10 nitrogen and oxygen atoms in total. The van der Waals surface area contributed by atoms with Gasteiger partial charge >= 0.3 is 6.03 Å². The van der Waals surface area contributed by atoms with Crippen LogP contribution in [-0.2, 0) is 0 Å². The van der Waals surface area contributed by atoms with E-state index in [4.69, 9.17) is 14.2 Å². The van der Waals surface area contributed by atoms with Gasteiger partial charge in [0.15, 0.2) is 11.5 Å². The number of carbonyl (C=O) groups excluding carboxylic acids is 1. The van der Waals surface area contributed by atoms with E-state index in [9.17, 15) is 4.79 Å². The van der Waals surface area contributed by atoms with Gasteiger partial charge in [0.05, 0.1) is 45.1 Å². The summed E-state index contributed by atoms with van der Waals surface area (Å²) < 4.78 is 15.9. The number of aromatic nitrogens is 2. The predicted octanol–water partition coefficient (Wildman–Crippen LogP) is 3.47. The second-order valence-corrected chi connectivity index (χ2v) is 7.57. The number of anilines is 4. The van der Waals surface area contributed by atoms with E-state index in [0.717, 1.165) is 26.2 Å². The van der Waals surface area contributed by atoms with E-state index in [0.29, 0.717) is 34.6 Å². The van der Waals surface area contributed by atoms with Gasteiger partial charge in [0.1, 0.15) is 0 Å². The fraction of sp³-hybridized carbons (Fsp3) is 0.292. The van der Waals surface area contributed by atoms with Crippen molar-refractivity contribution in [3.63, 3.8) is 0 Å². The largest absolute Gasteiger partial charge is 0.493 e. The number of piperazine rings is 1. The van der Waals surface area contributed by atoms with Crippen molar-refractivity contribution >= 4 is 29.0 Å². The molecule has 1 saturated heterocycles. The van der Waals surface area contributed by atoms with Gasteiger partial charge in [-0.15, -0.1) is 0 Å². The van der Waals surface area contributed by atoms with Crippen molar-refractivity contribution in [2.24, 2.45) is 0 Å². The zero-order chi connectivity index (χ0) is 23.9. The van der Waals surface area contributed by atoms with Crippen LogP contribution in [0.4, 0.5) is 27.8 Å². The molecule has 0 aliphatic carbocycles. The normalized spacial score (nSPS) is 13.3. The molecule has 4 rings (SSSR count). The second-order valence-electron chi connectivity index (χ2n) is 7.57. The van der Waals surface area contributed by atoms with Crippen LogP contribution in [0.25, 0.3) is 0 Å². The van der Waals surface area contributed by atoms with Gasteiger partial charge < -0.3 is 34.6 Å². The molecule has 0 saturated carbocycles. The summed E-state index contributed by atoms with van der Waals surface area (Å²) in [5.41, 5.74) is 2.19. The standard InChI is InChI=1S/C24H28N6O4/c1-32-20-13-17(14-21(33-2)22(20)34-3)27-24(31)28-18-15-25-23(26-16-18)30-11-9-29(10-12-30)19-7-5-4-6-8-19/h4-8,13-16H,9-12H2,1-3H3,(H2,27,28,31). The van der Waals surface area contributed by atoms with E-state index < -0.39 is 6.03 Å². The van der Waals surface area contributed by atoms with Crippen LogP contribution in [0.15, 0.2) is 54.9 Å². The molecule has 2 amide bonds. The number of nitrogens with zero attached hydrogens (tertiary/aromatic N) is 4. The van der Waals surface area contributed by atoms with Crippen molar-refractivity contribution in [1.82, 2.24) is 9.97 Å². The third kappa shape index (κ3) is 5.22. The van der Waals surface area contributed by atoms with Crippen molar-refractivity contribution in [2.45, 2.75) is 0 Å². The van der Waals surface area contributed by atoms with E-state index in [1.54, 1.807) is 24.5 Å². The van der Waals surface area contributed by atoms with Crippen LogP contribution >= 0.6 is 0 Å². The van der Waals surface area contributed by atoms with Crippen molar-refractivity contribution < 1.29 is 19.0 Å². The van der Waals surface area contributed by atoms with Crippen LogP contribution in [0, 0.1) is 0 Å². The van der Waals surface area contributed by atoms with Gasteiger partial charge in [0.2, 0.25) is 11.7 Å². The first-order valence-corrected chi connectivity index (χ1v) is 10.9. The minimum Gasteiger partial charge on any atom is -0.493 e. The molecule has 0 atom stereocenters. The number of para-hydroxylation sites is 1. The smallest absolute Gasteiger partial charge is 0.323 e. The Labute approximate surface area is 198 Å². The number of ether oxygens (including phenoxy) is 3. The molecule has 1 aliphatic rings. The van der Waals surface area contributed by atoms with Crippen LogP contribution in [-0.4, -0.2) is 63.5 Å². The summed E-state index contributed by atoms with van der Waals surface area (Å²) in [5.74, 6) is 1.97. The first-order chi connectivity index (χ1) is 16.6. The Bertz CT molecular complexity index is 1080. The Morgan fingerprint density at radius 2 is 1.35 bits per heavy atom. The number of hydrogen-bond acceptors (Lipinski definition) is 8. The SMILES string of the molecule is COc1cc(NC(=O)Nc2cnc(N3CCN(c4ccccc4)CC3)nc2)cc(OC)c1OC. The highest BCUT2D eigenvalue weighted by Gasteiger charge is 2.19. The van der Waals surface area contributed by atoms with Crippen LogP contribution in [0.5, 0.6) is 17.2 Å². The van der Waals surface area contributed by atoms with Gasteiger partial charge in [0.25, 0.3) is 0 Å². The minimum absolute atomic E-state index is 0.442. The zero-order valence-corrected chi connectivity index (χ0v) is 19.4. The number of benzene rings is 2. The van der Waals surface area contributed by atoms with E-state index in [-0.39, 0.29) is 0 Å². The Hall–Kier alpha value is -4.21. The fourth-order valence-corrected chi connectivity index (χ4v) is 3.80.